The number of benzene rings is 1. The summed E-state index contributed by atoms with van der Waals surface area (Å²) in [6.07, 6.45) is 5.06. The average molecular weight is 264 g/mol. The van der Waals surface area contributed by atoms with Gasteiger partial charge in [0.1, 0.15) is 5.75 Å². The van der Waals surface area contributed by atoms with Gasteiger partial charge in [0.2, 0.25) is 0 Å². The highest BCUT2D eigenvalue weighted by Crippen LogP contribution is 2.13. The minimum Gasteiger partial charge on any atom is -0.494 e. The molecule has 4 heteroatoms. The normalized spacial score (nSPS) is 10.6. The summed E-state index contributed by atoms with van der Waals surface area (Å²) in [6.45, 7) is 1.45. The molecule has 0 unspecified atom stereocenters. The van der Waals surface area contributed by atoms with Gasteiger partial charge in [-0.2, -0.15) is 0 Å². The van der Waals surface area contributed by atoms with E-state index < -0.39 is 0 Å². The monoisotopic (exact) mass is 264 g/mol. The molecular formula is C15H20O4. The molecular weight excluding hydrogens is 244 g/mol. The zero-order valence-electron chi connectivity index (χ0n) is 11.4. The Hall–Kier alpha value is -1.81. The Morgan fingerprint density at radius 3 is 2.42 bits per heavy atom. The van der Waals surface area contributed by atoms with Crippen LogP contribution in [0, 0.1) is 0 Å². The summed E-state index contributed by atoms with van der Waals surface area (Å²) in [5, 5.41) is 0. The number of ether oxygens (including phenoxy) is 3. The maximum atomic E-state index is 10.9. The molecule has 0 aliphatic rings. The minimum atomic E-state index is -0.363. The number of methoxy groups -OCH3 is 2. The van der Waals surface area contributed by atoms with Crippen LogP contribution in [0.3, 0.4) is 0 Å². The third-order valence-corrected chi connectivity index (χ3v) is 2.50. The molecule has 0 atom stereocenters. The molecule has 1 rings (SSSR count). The van der Waals surface area contributed by atoms with Crippen molar-refractivity contribution in [3.8, 4) is 5.75 Å². The Balaban J connectivity index is 2.35. The van der Waals surface area contributed by atoms with Gasteiger partial charge in [-0.3, -0.25) is 0 Å². The molecule has 1 aromatic carbocycles. The molecule has 0 fully saturated rings. The van der Waals surface area contributed by atoms with Gasteiger partial charge in [0.25, 0.3) is 0 Å². The lowest BCUT2D eigenvalue weighted by Gasteiger charge is -2.06. The van der Waals surface area contributed by atoms with Crippen LogP contribution in [0.2, 0.25) is 0 Å². The quantitative estimate of drug-likeness (QED) is 0.411. The SMILES string of the molecule is COCCCCOc1ccc(/C=C/C(=O)OC)cc1. The van der Waals surface area contributed by atoms with Gasteiger partial charge in [-0.15, -0.1) is 0 Å². The van der Waals surface area contributed by atoms with E-state index in [1.54, 1.807) is 13.2 Å². The van der Waals surface area contributed by atoms with Crippen molar-refractivity contribution in [2.24, 2.45) is 0 Å². The van der Waals surface area contributed by atoms with Crippen molar-refractivity contribution < 1.29 is 19.0 Å². The van der Waals surface area contributed by atoms with Crippen LogP contribution in [0.5, 0.6) is 5.75 Å². The first-order valence-electron chi connectivity index (χ1n) is 6.24. The molecule has 0 aliphatic heterocycles. The van der Waals surface area contributed by atoms with Crippen LogP contribution in [-0.4, -0.2) is 33.4 Å². The van der Waals surface area contributed by atoms with Crippen molar-refractivity contribution >= 4 is 12.0 Å². The fourth-order valence-corrected chi connectivity index (χ4v) is 1.45. The summed E-state index contributed by atoms with van der Waals surface area (Å²) in [5.74, 6) is 0.464. The fourth-order valence-electron chi connectivity index (χ4n) is 1.45. The van der Waals surface area contributed by atoms with Crippen molar-refractivity contribution in [2.75, 3.05) is 27.4 Å². The smallest absolute Gasteiger partial charge is 0.330 e. The fraction of sp³-hybridized carbons (Fsp3) is 0.400. The summed E-state index contributed by atoms with van der Waals surface area (Å²) in [5.41, 5.74) is 0.928. The molecule has 104 valence electrons. The van der Waals surface area contributed by atoms with Crippen LogP contribution in [0.4, 0.5) is 0 Å². The molecule has 0 saturated heterocycles. The highest BCUT2D eigenvalue weighted by atomic mass is 16.5. The zero-order valence-corrected chi connectivity index (χ0v) is 11.4. The van der Waals surface area contributed by atoms with Crippen LogP contribution >= 0.6 is 0 Å². The van der Waals surface area contributed by atoms with E-state index in [-0.39, 0.29) is 5.97 Å². The van der Waals surface area contributed by atoms with E-state index in [1.165, 1.54) is 13.2 Å². The molecule has 0 bridgehead atoms. The predicted molar refractivity (Wildman–Crippen MR) is 74.1 cm³/mol. The lowest BCUT2D eigenvalue weighted by Crippen LogP contribution is -1.99. The minimum absolute atomic E-state index is 0.363. The van der Waals surface area contributed by atoms with Crippen molar-refractivity contribution in [3.05, 3.63) is 35.9 Å². The number of hydrogen-bond donors (Lipinski definition) is 0. The Labute approximate surface area is 114 Å². The van der Waals surface area contributed by atoms with E-state index in [9.17, 15) is 4.79 Å². The first kappa shape index (κ1) is 15.2. The van der Waals surface area contributed by atoms with Gasteiger partial charge < -0.3 is 14.2 Å². The summed E-state index contributed by atoms with van der Waals surface area (Å²) in [4.78, 5) is 10.9. The van der Waals surface area contributed by atoms with Crippen molar-refractivity contribution in [1.29, 1.82) is 0 Å². The molecule has 0 N–H and O–H groups in total. The van der Waals surface area contributed by atoms with E-state index in [0.717, 1.165) is 30.8 Å². The topological polar surface area (TPSA) is 44.8 Å². The molecule has 0 spiro atoms. The van der Waals surface area contributed by atoms with Gasteiger partial charge in [-0.05, 0) is 36.6 Å². The van der Waals surface area contributed by atoms with E-state index in [4.69, 9.17) is 9.47 Å². The molecule has 0 aromatic heterocycles. The number of carbonyl (C=O) groups excluding carboxylic acids is 1. The van der Waals surface area contributed by atoms with E-state index >= 15 is 0 Å². The molecule has 0 heterocycles. The molecule has 4 nitrogen and oxygen atoms in total. The lowest BCUT2D eigenvalue weighted by molar-refractivity contribution is -0.134. The first-order valence-corrected chi connectivity index (χ1v) is 6.24. The van der Waals surface area contributed by atoms with E-state index in [0.29, 0.717) is 6.61 Å². The Kier molecular flexibility index (Phi) is 7.35. The maximum Gasteiger partial charge on any atom is 0.330 e. The Morgan fingerprint density at radius 2 is 1.79 bits per heavy atom. The highest BCUT2D eigenvalue weighted by Gasteiger charge is 1.95. The van der Waals surface area contributed by atoms with Crippen molar-refractivity contribution in [1.82, 2.24) is 0 Å². The second-order valence-electron chi connectivity index (χ2n) is 3.97. The van der Waals surface area contributed by atoms with Gasteiger partial charge in [-0.25, -0.2) is 4.79 Å². The third kappa shape index (κ3) is 6.62. The Bertz CT molecular complexity index is 395. The number of carbonyl (C=O) groups is 1. The van der Waals surface area contributed by atoms with Crippen molar-refractivity contribution in [3.63, 3.8) is 0 Å². The van der Waals surface area contributed by atoms with Crippen LogP contribution in [-0.2, 0) is 14.3 Å². The standard InChI is InChI=1S/C15H20O4/c1-17-11-3-4-12-19-14-8-5-13(6-9-14)7-10-15(16)18-2/h5-10H,3-4,11-12H2,1-2H3/b10-7+. The van der Waals surface area contributed by atoms with Gasteiger partial charge in [0.15, 0.2) is 0 Å². The largest absolute Gasteiger partial charge is 0.494 e. The van der Waals surface area contributed by atoms with E-state index in [1.807, 2.05) is 24.3 Å². The molecule has 0 aliphatic carbocycles. The van der Waals surface area contributed by atoms with Gasteiger partial charge in [-0.1, -0.05) is 12.1 Å². The summed E-state index contributed by atoms with van der Waals surface area (Å²) in [7, 11) is 3.05. The molecule has 1 aromatic rings. The summed E-state index contributed by atoms with van der Waals surface area (Å²) in [6, 6.07) is 7.55. The van der Waals surface area contributed by atoms with Gasteiger partial charge in [0.05, 0.1) is 13.7 Å². The number of unbranched alkanes of at least 4 members (excludes halogenated alkanes) is 1. The van der Waals surface area contributed by atoms with Crippen LogP contribution in [0.25, 0.3) is 6.08 Å². The zero-order chi connectivity index (χ0) is 13.9. The summed E-state index contributed by atoms with van der Waals surface area (Å²) >= 11 is 0. The second kappa shape index (κ2) is 9.16. The molecule has 0 radical (unpaired) electrons. The lowest BCUT2D eigenvalue weighted by atomic mass is 10.2. The van der Waals surface area contributed by atoms with Crippen LogP contribution in [0.15, 0.2) is 30.3 Å². The first-order chi connectivity index (χ1) is 9.26. The maximum absolute atomic E-state index is 10.9. The van der Waals surface area contributed by atoms with Gasteiger partial charge in [0, 0.05) is 19.8 Å². The second-order valence-corrected chi connectivity index (χ2v) is 3.97. The van der Waals surface area contributed by atoms with E-state index in [2.05, 4.69) is 4.74 Å². The Morgan fingerprint density at radius 1 is 1.11 bits per heavy atom. The average Bonchev–Trinajstić information content (AvgIpc) is 2.45. The summed E-state index contributed by atoms with van der Waals surface area (Å²) < 4.78 is 15.1. The molecule has 0 amide bonds. The van der Waals surface area contributed by atoms with Gasteiger partial charge >= 0.3 is 5.97 Å². The highest BCUT2D eigenvalue weighted by molar-refractivity contribution is 5.86. The number of esters is 1. The third-order valence-electron chi connectivity index (χ3n) is 2.50. The molecule has 0 saturated carbocycles. The predicted octanol–water partition coefficient (Wildman–Crippen LogP) is 2.68. The number of rotatable bonds is 8. The van der Waals surface area contributed by atoms with Crippen LogP contribution < -0.4 is 4.74 Å². The van der Waals surface area contributed by atoms with Crippen molar-refractivity contribution in [2.45, 2.75) is 12.8 Å². The number of hydrogen-bond acceptors (Lipinski definition) is 4. The van der Waals surface area contributed by atoms with Crippen LogP contribution in [0.1, 0.15) is 18.4 Å². The molecule has 19 heavy (non-hydrogen) atoms.